The van der Waals surface area contributed by atoms with E-state index in [0.29, 0.717) is 12.2 Å². The number of benzene rings is 1. The van der Waals surface area contributed by atoms with Gasteiger partial charge in [-0.2, -0.15) is 0 Å². The van der Waals surface area contributed by atoms with Crippen LogP contribution in [0.2, 0.25) is 0 Å². The van der Waals surface area contributed by atoms with Gasteiger partial charge >= 0.3 is 5.97 Å². The van der Waals surface area contributed by atoms with E-state index in [1.54, 1.807) is 0 Å². The second-order valence-corrected chi connectivity index (χ2v) is 4.38. The first kappa shape index (κ1) is 12.6. The Morgan fingerprint density at radius 2 is 2.17 bits per heavy atom. The van der Waals surface area contributed by atoms with Crippen LogP contribution in [0.25, 0.3) is 10.9 Å². The third-order valence-electron chi connectivity index (χ3n) is 2.96. The Morgan fingerprint density at radius 3 is 2.94 bits per heavy atom. The molecule has 0 atom stereocenters. The smallest absolute Gasteiger partial charge is 0.338 e. The number of esters is 1. The summed E-state index contributed by atoms with van der Waals surface area (Å²) in [6.07, 6.45) is 3.93. The average Bonchev–Trinajstić information content (AvgIpc) is 2.39. The van der Waals surface area contributed by atoms with E-state index < -0.39 is 0 Å². The molecule has 0 saturated carbocycles. The quantitative estimate of drug-likeness (QED) is 0.470. The first-order chi connectivity index (χ1) is 8.72. The molecule has 0 radical (unpaired) electrons. The van der Waals surface area contributed by atoms with Gasteiger partial charge in [-0.05, 0) is 24.6 Å². The lowest BCUT2D eigenvalue weighted by atomic mass is 10.1. The van der Waals surface area contributed by atoms with Crippen molar-refractivity contribution in [2.75, 3.05) is 6.61 Å². The van der Waals surface area contributed by atoms with Gasteiger partial charge in [0.05, 0.1) is 12.2 Å². The highest BCUT2D eigenvalue weighted by Crippen LogP contribution is 2.13. The van der Waals surface area contributed by atoms with E-state index in [1.165, 1.54) is 0 Å². The van der Waals surface area contributed by atoms with Gasteiger partial charge in [-0.3, -0.25) is 0 Å². The fourth-order valence-electron chi connectivity index (χ4n) is 1.88. The maximum Gasteiger partial charge on any atom is 0.338 e. The van der Waals surface area contributed by atoms with Crippen molar-refractivity contribution in [3.63, 3.8) is 0 Å². The van der Waals surface area contributed by atoms with Crippen LogP contribution in [0.3, 0.4) is 0 Å². The Hall–Kier alpha value is -1.90. The largest absolute Gasteiger partial charge is 0.462 e. The number of aromatic nitrogens is 1. The lowest BCUT2D eigenvalue weighted by Gasteiger charge is -2.04. The summed E-state index contributed by atoms with van der Waals surface area (Å²) in [7, 11) is 1.99. The number of ether oxygens (including phenoxy) is 1. The molecule has 0 N–H and O–H groups in total. The highest BCUT2D eigenvalue weighted by Gasteiger charge is 2.10. The van der Waals surface area contributed by atoms with Crippen LogP contribution in [-0.4, -0.2) is 12.6 Å². The number of pyridine rings is 1. The van der Waals surface area contributed by atoms with Crippen LogP contribution in [0.1, 0.15) is 30.1 Å². The van der Waals surface area contributed by atoms with Crippen LogP contribution < -0.4 is 4.57 Å². The van der Waals surface area contributed by atoms with Crippen LogP contribution in [0.5, 0.6) is 0 Å². The van der Waals surface area contributed by atoms with Gasteiger partial charge in [0, 0.05) is 17.5 Å². The molecule has 1 aromatic carbocycles. The molecular formula is C15H18NO2+. The van der Waals surface area contributed by atoms with E-state index in [9.17, 15) is 4.79 Å². The van der Waals surface area contributed by atoms with Crippen LogP contribution in [-0.2, 0) is 11.8 Å². The summed E-state index contributed by atoms with van der Waals surface area (Å²) in [4.78, 5) is 11.8. The van der Waals surface area contributed by atoms with Crippen molar-refractivity contribution in [2.24, 2.45) is 7.05 Å². The summed E-state index contributed by atoms with van der Waals surface area (Å²) in [6.45, 7) is 2.57. The SMILES string of the molecule is CCCCOC(=O)c1ccc2c(ccc[n+]2C)c1. The van der Waals surface area contributed by atoms with Gasteiger partial charge in [0.2, 0.25) is 5.52 Å². The average molecular weight is 244 g/mol. The molecular weight excluding hydrogens is 226 g/mol. The third-order valence-corrected chi connectivity index (χ3v) is 2.96. The van der Waals surface area contributed by atoms with Gasteiger partial charge in [0.1, 0.15) is 7.05 Å². The molecule has 0 aliphatic carbocycles. The molecule has 0 saturated heterocycles. The molecule has 0 amide bonds. The zero-order chi connectivity index (χ0) is 13.0. The summed E-state index contributed by atoms with van der Waals surface area (Å²) in [6, 6.07) is 9.61. The van der Waals surface area contributed by atoms with E-state index in [2.05, 4.69) is 6.92 Å². The number of hydrogen-bond acceptors (Lipinski definition) is 2. The second-order valence-electron chi connectivity index (χ2n) is 4.38. The van der Waals surface area contributed by atoms with Crippen molar-refractivity contribution in [3.8, 4) is 0 Å². The molecule has 0 unspecified atom stereocenters. The predicted molar refractivity (Wildman–Crippen MR) is 70.3 cm³/mol. The highest BCUT2D eigenvalue weighted by atomic mass is 16.5. The number of fused-ring (bicyclic) bond motifs is 1. The number of carbonyl (C=O) groups is 1. The molecule has 0 spiro atoms. The van der Waals surface area contributed by atoms with Crippen molar-refractivity contribution < 1.29 is 14.1 Å². The Labute approximate surface area is 107 Å². The molecule has 94 valence electrons. The lowest BCUT2D eigenvalue weighted by molar-refractivity contribution is -0.644. The summed E-state index contributed by atoms with van der Waals surface area (Å²) in [5.41, 5.74) is 1.72. The Morgan fingerprint density at radius 1 is 1.33 bits per heavy atom. The van der Waals surface area contributed by atoms with Gasteiger partial charge < -0.3 is 4.74 Å². The van der Waals surface area contributed by atoms with E-state index in [1.807, 2.05) is 48.1 Å². The van der Waals surface area contributed by atoms with Crippen molar-refractivity contribution in [3.05, 3.63) is 42.1 Å². The van der Waals surface area contributed by atoms with E-state index >= 15 is 0 Å². The van der Waals surface area contributed by atoms with Crippen LogP contribution >= 0.6 is 0 Å². The maximum absolute atomic E-state index is 11.8. The van der Waals surface area contributed by atoms with Crippen LogP contribution in [0, 0.1) is 0 Å². The van der Waals surface area contributed by atoms with Gasteiger partial charge in [0.15, 0.2) is 6.20 Å². The minimum absolute atomic E-state index is 0.239. The number of hydrogen-bond donors (Lipinski definition) is 0. The fourth-order valence-corrected chi connectivity index (χ4v) is 1.88. The lowest BCUT2D eigenvalue weighted by Crippen LogP contribution is -2.27. The Bertz CT molecular complexity index is 563. The summed E-state index contributed by atoms with van der Waals surface area (Å²) in [5, 5.41) is 1.05. The minimum Gasteiger partial charge on any atom is -0.462 e. The van der Waals surface area contributed by atoms with Crippen molar-refractivity contribution in [1.29, 1.82) is 0 Å². The Balaban J connectivity index is 2.22. The molecule has 1 aromatic heterocycles. The normalized spacial score (nSPS) is 10.6. The number of rotatable bonds is 4. The number of unbranched alkanes of at least 4 members (excludes halogenated alkanes) is 1. The molecule has 0 bridgehead atoms. The van der Waals surface area contributed by atoms with Crippen LogP contribution in [0.4, 0.5) is 0 Å². The standard InChI is InChI=1S/C15H18NO2/c1-3-4-10-18-15(17)13-7-8-14-12(11-13)6-5-9-16(14)2/h5-9,11H,3-4,10H2,1-2H3/q+1. The predicted octanol–water partition coefficient (Wildman–Crippen LogP) is 2.62. The molecule has 3 nitrogen and oxygen atoms in total. The topological polar surface area (TPSA) is 30.2 Å². The van der Waals surface area contributed by atoms with E-state index in [-0.39, 0.29) is 5.97 Å². The first-order valence-electron chi connectivity index (χ1n) is 6.28. The minimum atomic E-state index is -0.239. The zero-order valence-corrected chi connectivity index (χ0v) is 10.8. The maximum atomic E-state index is 11.8. The number of aryl methyl sites for hydroxylation is 1. The second kappa shape index (κ2) is 5.63. The number of nitrogens with zero attached hydrogens (tertiary/aromatic N) is 1. The fraction of sp³-hybridized carbons (Fsp3) is 0.333. The monoisotopic (exact) mass is 244 g/mol. The summed E-state index contributed by atoms with van der Waals surface area (Å²) >= 11 is 0. The molecule has 2 rings (SSSR count). The molecule has 0 fully saturated rings. The first-order valence-corrected chi connectivity index (χ1v) is 6.28. The summed E-state index contributed by atoms with van der Waals surface area (Å²) < 4.78 is 7.23. The molecule has 2 aromatic rings. The highest BCUT2D eigenvalue weighted by molar-refractivity contribution is 5.93. The Kier molecular flexibility index (Phi) is 3.92. The number of carbonyl (C=O) groups excluding carboxylic acids is 1. The third kappa shape index (κ3) is 2.67. The van der Waals surface area contributed by atoms with Gasteiger partial charge in [0.25, 0.3) is 0 Å². The molecule has 1 heterocycles. The molecule has 3 heteroatoms. The van der Waals surface area contributed by atoms with Crippen molar-refractivity contribution >= 4 is 16.9 Å². The summed E-state index contributed by atoms with van der Waals surface area (Å²) in [5.74, 6) is -0.239. The van der Waals surface area contributed by atoms with E-state index in [0.717, 1.165) is 23.7 Å². The van der Waals surface area contributed by atoms with Gasteiger partial charge in [-0.1, -0.05) is 13.3 Å². The van der Waals surface area contributed by atoms with Crippen molar-refractivity contribution in [2.45, 2.75) is 19.8 Å². The van der Waals surface area contributed by atoms with Crippen molar-refractivity contribution in [1.82, 2.24) is 0 Å². The van der Waals surface area contributed by atoms with Crippen LogP contribution in [0.15, 0.2) is 36.5 Å². The molecule has 18 heavy (non-hydrogen) atoms. The zero-order valence-electron chi connectivity index (χ0n) is 10.8. The van der Waals surface area contributed by atoms with Gasteiger partial charge in [-0.25, -0.2) is 9.36 Å². The van der Waals surface area contributed by atoms with E-state index in [4.69, 9.17) is 4.74 Å². The molecule has 0 aliphatic heterocycles. The molecule has 0 aliphatic rings. The van der Waals surface area contributed by atoms with Gasteiger partial charge in [-0.15, -0.1) is 0 Å².